The fraction of sp³-hybridized carbons (Fsp3) is 0.440. The molecule has 1 aromatic carbocycles. The van der Waals surface area contributed by atoms with E-state index < -0.39 is 18.2 Å². The third-order valence-corrected chi connectivity index (χ3v) is 7.89. The van der Waals surface area contributed by atoms with Gasteiger partial charge in [-0.3, -0.25) is 19.3 Å². The Morgan fingerprint density at radius 3 is 2.71 bits per heavy atom. The van der Waals surface area contributed by atoms with E-state index in [4.69, 9.17) is 4.74 Å². The largest absolute Gasteiger partial charge is 0.452 e. The molecule has 2 atom stereocenters. The first-order chi connectivity index (χ1) is 16.4. The average molecular weight is 482 g/mol. The molecule has 0 N–H and O–H groups in total. The molecule has 178 valence electrons. The smallest absolute Gasteiger partial charge is 0.354 e. The molecule has 0 radical (unpaired) electrons. The zero-order valence-electron chi connectivity index (χ0n) is 19.2. The normalized spacial score (nSPS) is 24.0. The van der Waals surface area contributed by atoms with Crippen molar-refractivity contribution in [2.24, 2.45) is 0 Å². The zero-order chi connectivity index (χ0) is 24.0. The lowest BCUT2D eigenvalue weighted by molar-refractivity contribution is -0.163. The van der Waals surface area contributed by atoms with Crippen LogP contribution in [0.25, 0.3) is 0 Å². The molecule has 0 saturated carbocycles. The van der Waals surface area contributed by atoms with Crippen molar-refractivity contribution in [3.8, 4) is 0 Å². The number of carbonyl (C=O) groups excluding carboxylic acids is 4. The van der Waals surface area contributed by atoms with Crippen LogP contribution in [0, 0.1) is 0 Å². The van der Waals surface area contributed by atoms with Gasteiger partial charge < -0.3 is 14.5 Å². The first-order valence-electron chi connectivity index (χ1n) is 11.6. The maximum absolute atomic E-state index is 13.7. The Kier molecular flexibility index (Phi) is 5.67. The van der Waals surface area contributed by atoms with Crippen molar-refractivity contribution < 1.29 is 23.9 Å². The number of thiophene rings is 1. The number of para-hydroxylation sites is 1. The highest BCUT2D eigenvalue weighted by Gasteiger charge is 2.62. The molecule has 1 aromatic heterocycles. The Morgan fingerprint density at radius 1 is 1.18 bits per heavy atom. The number of benzene rings is 1. The van der Waals surface area contributed by atoms with E-state index in [0.29, 0.717) is 17.8 Å². The third kappa shape index (κ3) is 3.33. The van der Waals surface area contributed by atoms with Crippen LogP contribution in [-0.4, -0.2) is 58.3 Å². The molecule has 3 aliphatic heterocycles. The zero-order valence-corrected chi connectivity index (χ0v) is 20.0. The fourth-order valence-corrected chi connectivity index (χ4v) is 6.41. The van der Waals surface area contributed by atoms with E-state index in [2.05, 4.69) is 0 Å². The second-order valence-electron chi connectivity index (χ2n) is 9.17. The summed E-state index contributed by atoms with van der Waals surface area (Å²) in [5, 5.41) is 1.99. The molecule has 2 saturated heterocycles. The first kappa shape index (κ1) is 22.6. The predicted octanol–water partition coefficient (Wildman–Crippen LogP) is 3.34. The SMILES string of the molecule is CC(C)N1C(=O)c2ccccc2N2C(=O)CCC21C(=O)OCC(=O)N1CCCC1c1cccs1. The predicted molar refractivity (Wildman–Crippen MR) is 126 cm³/mol. The van der Waals surface area contributed by atoms with Gasteiger partial charge in [0.2, 0.25) is 11.6 Å². The average Bonchev–Trinajstić information content (AvgIpc) is 3.57. The molecular formula is C25H27N3O5S. The highest BCUT2D eigenvalue weighted by molar-refractivity contribution is 7.10. The Labute approximate surface area is 202 Å². The van der Waals surface area contributed by atoms with E-state index in [1.54, 1.807) is 40.5 Å². The van der Waals surface area contributed by atoms with Crippen LogP contribution >= 0.6 is 11.3 Å². The number of fused-ring (bicyclic) bond motifs is 3. The van der Waals surface area contributed by atoms with E-state index in [-0.39, 0.29) is 42.6 Å². The van der Waals surface area contributed by atoms with Crippen molar-refractivity contribution in [3.63, 3.8) is 0 Å². The number of anilines is 1. The van der Waals surface area contributed by atoms with Gasteiger partial charge in [0.25, 0.3) is 11.8 Å². The lowest BCUT2D eigenvalue weighted by atomic mass is 9.95. The van der Waals surface area contributed by atoms with Gasteiger partial charge in [0.15, 0.2) is 6.61 Å². The summed E-state index contributed by atoms with van der Waals surface area (Å²) in [7, 11) is 0. The van der Waals surface area contributed by atoms with Crippen molar-refractivity contribution in [1.82, 2.24) is 9.80 Å². The van der Waals surface area contributed by atoms with E-state index >= 15 is 0 Å². The molecule has 3 aliphatic rings. The number of hydrogen-bond acceptors (Lipinski definition) is 6. The van der Waals surface area contributed by atoms with Gasteiger partial charge >= 0.3 is 5.97 Å². The van der Waals surface area contributed by atoms with Crippen LogP contribution in [0.1, 0.15) is 60.8 Å². The molecule has 0 aliphatic carbocycles. The molecule has 8 nitrogen and oxygen atoms in total. The summed E-state index contributed by atoms with van der Waals surface area (Å²) in [4.78, 5) is 58.9. The lowest BCUT2D eigenvalue weighted by Crippen LogP contribution is -2.70. The van der Waals surface area contributed by atoms with Crippen molar-refractivity contribution >= 4 is 40.7 Å². The number of carbonyl (C=O) groups is 4. The van der Waals surface area contributed by atoms with Crippen LogP contribution in [0.5, 0.6) is 0 Å². The van der Waals surface area contributed by atoms with Crippen molar-refractivity contribution in [2.45, 2.75) is 57.3 Å². The standard InChI is InChI=1S/C25H27N3O5S/c1-16(2)27-23(31)17-7-3-4-8-18(17)28-21(29)11-12-25(27,28)24(32)33-15-22(30)26-13-5-9-19(26)20-10-6-14-34-20/h3-4,6-8,10,14,16,19H,5,9,11-13,15H2,1-2H3. The minimum atomic E-state index is -1.59. The van der Waals surface area contributed by atoms with Crippen molar-refractivity contribution in [3.05, 3.63) is 52.2 Å². The minimum absolute atomic E-state index is 0.00998. The Hall–Kier alpha value is -3.20. The molecule has 0 spiro atoms. The van der Waals surface area contributed by atoms with Crippen molar-refractivity contribution in [2.75, 3.05) is 18.1 Å². The van der Waals surface area contributed by atoms with Crippen LogP contribution in [0.15, 0.2) is 41.8 Å². The van der Waals surface area contributed by atoms with Crippen LogP contribution in [0.3, 0.4) is 0 Å². The summed E-state index contributed by atoms with van der Waals surface area (Å²) in [6, 6.07) is 10.4. The van der Waals surface area contributed by atoms with Crippen LogP contribution in [0.4, 0.5) is 5.69 Å². The van der Waals surface area contributed by atoms with Gasteiger partial charge in [-0.15, -0.1) is 11.3 Å². The number of nitrogens with zero attached hydrogens (tertiary/aromatic N) is 3. The monoisotopic (exact) mass is 481 g/mol. The molecule has 4 heterocycles. The summed E-state index contributed by atoms with van der Waals surface area (Å²) < 4.78 is 5.60. The minimum Gasteiger partial charge on any atom is -0.452 e. The number of amides is 3. The molecule has 34 heavy (non-hydrogen) atoms. The fourth-order valence-electron chi connectivity index (χ4n) is 5.54. The summed E-state index contributed by atoms with van der Waals surface area (Å²) in [5.41, 5.74) is -0.802. The van der Waals surface area contributed by atoms with Gasteiger partial charge in [-0.1, -0.05) is 18.2 Å². The van der Waals surface area contributed by atoms with Gasteiger partial charge in [-0.05, 0) is 50.3 Å². The van der Waals surface area contributed by atoms with E-state index in [1.807, 2.05) is 31.4 Å². The molecule has 2 unspecified atom stereocenters. The van der Waals surface area contributed by atoms with Crippen LogP contribution < -0.4 is 4.90 Å². The molecule has 3 amide bonds. The summed E-state index contributed by atoms with van der Waals surface area (Å²) in [6.45, 7) is 3.80. The van der Waals surface area contributed by atoms with Gasteiger partial charge in [0.05, 0.1) is 17.3 Å². The van der Waals surface area contributed by atoms with E-state index in [0.717, 1.165) is 17.7 Å². The van der Waals surface area contributed by atoms with Crippen LogP contribution in [0.2, 0.25) is 0 Å². The first-order valence-corrected chi connectivity index (χ1v) is 12.5. The summed E-state index contributed by atoms with van der Waals surface area (Å²) >= 11 is 1.61. The summed E-state index contributed by atoms with van der Waals surface area (Å²) in [5.74, 6) is -1.58. The number of likely N-dealkylation sites (tertiary alicyclic amines) is 1. The lowest BCUT2D eigenvalue weighted by Gasteiger charge is -2.50. The Morgan fingerprint density at radius 2 is 1.97 bits per heavy atom. The highest BCUT2D eigenvalue weighted by Crippen LogP contribution is 2.46. The van der Waals surface area contributed by atoms with Gasteiger partial charge in [-0.25, -0.2) is 4.79 Å². The molecule has 9 heteroatoms. The maximum atomic E-state index is 13.7. The van der Waals surface area contributed by atoms with Gasteiger partial charge in [0, 0.05) is 30.3 Å². The number of hydrogen-bond donors (Lipinski definition) is 0. The maximum Gasteiger partial charge on any atom is 0.354 e. The molecule has 5 rings (SSSR count). The number of rotatable bonds is 5. The Balaban J connectivity index is 1.42. The number of esters is 1. The molecule has 2 aromatic rings. The second kappa shape index (κ2) is 8.54. The topological polar surface area (TPSA) is 87.2 Å². The summed E-state index contributed by atoms with van der Waals surface area (Å²) in [6.07, 6.45) is 2.00. The van der Waals surface area contributed by atoms with Gasteiger partial charge in [-0.2, -0.15) is 0 Å². The number of ether oxygens (including phenoxy) is 1. The van der Waals surface area contributed by atoms with E-state index in [1.165, 1.54) is 9.80 Å². The Bertz CT molecular complexity index is 1150. The van der Waals surface area contributed by atoms with Gasteiger partial charge in [0.1, 0.15) is 0 Å². The second-order valence-corrected chi connectivity index (χ2v) is 10.1. The van der Waals surface area contributed by atoms with Crippen molar-refractivity contribution in [1.29, 1.82) is 0 Å². The molecule has 0 bridgehead atoms. The molecule has 2 fully saturated rings. The van der Waals surface area contributed by atoms with Crippen LogP contribution in [-0.2, 0) is 19.1 Å². The van der Waals surface area contributed by atoms with E-state index in [9.17, 15) is 19.2 Å². The molecular weight excluding hydrogens is 454 g/mol. The third-order valence-electron chi connectivity index (χ3n) is 6.91. The quantitative estimate of drug-likeness (QED) is 0.612. The highest BCUT2D eigenvalue weighted by atomic mass is 32.1.